The van der Waals surface area contributed by atoms with Gasteiger partial charge in [-0.1, -0.05) is 42.5 Å². The molecule has 3 aromatic carbocycles. The molecule has 0 saturated carbocycles. The number of hydrogen-bond donors (Lipinski definition) is 1. The lowest BCUT2D eigenvalue weighted by atomic mass is 10.1. The maximum atomic E-state index is 13.3. The number of rotatable bonds is 4. The molecule has 0 aliphatic rings. The molecule has 138 valence electrons. The summed E-state index contributed by atoms with van der Waals surface area (Å²) >= 11 is 1.54. The van der Waals surface area contributed by atoms with Crippen molar-refractivity contribution < 1.29 is 13.6 Å². The van der Waals surface area contributed by atoms with Gasteiger partial charge in [-0.2, -0.15) is 0 Å². The summed E-state index contributed by atoms with van der Waals surface area (Å²) in [5, 5.41) is 5.57. The number of amides is 1. The van der Waals surface area contributed by atoms with Crippen LogP contribution in [-0.2, 0) is 0 Å². The Morgan fingerprint density at radius 3 is 2.43 bits per heavy atom. The first-order valence-electron chi connectivity index (χ1n) is 8.48. The molecule has 0 spiro atoms. The zero-order chi connectivity index (χ0) is 19.5. The van der Waals surface area contributed by atoms with Crippen LogP contribution in [0.5, 0.6) is 0 Å². The van der Waals surface area contributed by atoms with Gasteiger partial charge in [-0.15, -0.1) is 11.3 Å². The number of halogens is 2. The predicted octanol–water partition coefficient (Wildman–Crippen LogP) is 6.01. The summed E-state index contributed by atoms with van der Waals surface area (Å²) in [6.45, 7) is 0. The van der Waals surface area contributed by atoms with Crippen molar-refractivity contribution in [2.75, 3.05) is 5.32 Å². The molecule has 0 aliphatic carbocycles. The Morgan fingerprint density at radius 1 is 0.857 bits per heavy atom. The largest absolute Gasteiger partial charge is 0.322 e. The molecule has 4 rings (SSSR count). The summed E-state index contributed by atoms with van der Waals surface area (Å²) < 4.78 is 26.4. The number of nitrogens with one attached hydrogen (secondary N) is 1. The first-order chi connectivity index (χ1) is 13.6. The van der Waals surface area contributed by atoms with Crippen LogP contribution in [0.25, 0.3) is 21.8 Å². The van der Waals surface area contributed by atoms with Gasteiger partial charge in [0.2, 0.25) is 0 Å². The first-order valence-corrected chi connectivity index (χ1v) is 9.36. The number of anilines is 1. The zero-order valence-electron chi connectivity index (χ0n) is 14.5. The van der Waals surface area contributed by atoms with Gasteiger partial charge >= 0.3 is 0 Å². The fourth-order valence-electron chi connectivity index (χ4n) is 2.72. The number of thiazole rings is 1. The SMILES string of the molecule is O=C(Nc1cccc(-c2csc(-c3ccccc3)n2)c1)c1ccc(F)c(F)c1. The van der Waals surface area contributed by atoms with Crippen LogP contribution in [0.15, 0.2) is 78.2 Å². The standard InChI is InChI=1S/C22H14F2N2OS/c23-18-10-9-16(12-19(18)24)21(27)25-17-8-4-7-15(11-17)20-13-28-22(26-20)14-5-2-1-3-6-14/h1-13H,(H,25,27). The number of aromatic nitrogens is 1. The van der Waals surface area contributed by atoms with Crippen LogP contribution in [0.1, 0.15) is 10.4 Å². The van der Waals surface area contributed by atoms with Gasteiger partial charge in [0.25, 0.3) is 5.91 Å². The van der Waals surface area contributed by atoms with Crippen LogP contribution >= 0.6 is 11.3 Å². The number of hydrogen-bond acceptors (Lipinski definition) is 3. The number of benzene rings is 3. The Labute approximate surface area is 164 Å². The molecule has 0 aliphatic heterocycles. The quantitative estimate of drug-likeness (QED) is 0.462. The summed E-state index contributed by atoms with van der Waals surface area (Å²) in [5.41, 5.74) is 3.28. The minimum atomic E-state index is -1.06. The fourth-order valence-corrected chi connectivity index (χ4v) is 3.55. The molecule has 0 fully saturated rings. The summed E-state index contributed by atoms with van der Waals surface area (Å²) in [5.74, 6) is -2.56. The van der Waals surface area contributed by atoms with E-state index >= 15 is 0 Å². The molecule has 1 aromatic heterocycles. The molecular weight excluding hydrogens is 378 g/mol. The van der Waals surface area contributed by atoms with Crippen LogP contribution in [0.2, 0.25) is 0 Å². The van der Waals surface area contributed by atoms with E-state index in [1.807, 2.05) is 41.8 Å². The predicted molar refractivity (Wildman–Crippen MR) is 107 cm³/mol. The van der Waals surface area contributed by atoms with Crippen LogP contribution in [0.3, 0.4) is 0 Å². The normalized spacial score (nSPS) is 10.6. The molecule has 1 amide bonds. The Hall–Kier alpha value is -3.38. The van der Waals surface area contributed by atoms with E-state index in [1.165, 1.54) is 6.07 Å². The highest BCUT2D eigenvalue weighted by Gasteiger charge is 2.11. The van der Waals surface area contributed by atoms with E-state index in [0.29, 0.717) is 5.69 Å². The molecule has 3 nitrogen and oxygen atoms in total. The van der Waals surface area contributed by atoms with Gasteiger partial charge in [0.05, 0.1) is 5.69 Å². The van der Waals surface area contributed by atoms with Gasteiger partial charge in [-0.25, -0.2) is 13.8 Å². The molecule has 0 radical (unpaired) electrons. The minimum absolute atomic E-state index is 0.0457. The molecule has 6 heteroatoms. The molecule has 1 N–H and O–H groups in total. The first kappa shape index (κ1) is 18.0. The maximum Gasteiger partial charge on any atom is 0.255 e. The van der Waals surface area contributed by atoms with Crippen LogP contribution in [-0.4, -0.2) is 10.9 Å². The van der Waals surface area contributed by atoms with E-state index in [-0.39, 0.29) is 5.56 Å². The van der Waals surface area contributed by atoms with Crippen molar-refractivity contribution in [3.8, 4) is 21.8 Å². The molecule has 0 atom stereocenters. The zero-order valence-corrected chi connectivity index (χ0v) is 15.3. The van der Waals surface area contributed by atoms with E-state index in [9.17, 15) is 13.6 Å². The van der Waals surface area contributed by atoms with Gasteiger partial charge in [0.1, 0.15) is 5.01 Å². The van der Waals surface area contributed by atoms with Crippen molar-refractivity contribution in [3.05, 3.63) is 95.4 Å². The summed E-state index contributed by atoms with van der Waals surface area (Å²) in [7, 11) is 0. The van der Waals surface area contributed by atoms with Crippen molar-refractivity contribution in [2.45, 2.75) is 0 Å². The van der Waals surface area contributed by atoms with E-state index in [0.717, 1.165) is 34.0 Å². The van der Waals surface area contributed by atoms with Crippen molar-refractivity contribution >= 4 is 22.9 Å². The van der Waals surface area contributed by atoms with E-state index in [4.69, 9.17) is 0 Å². The average Bonchev–Trinajstić information content (AvgIpc) is 3.21. The third kappa shape index (κ3) is 3.82. The van der Waals surface area contributed by atoms with Crippen LogP contribution < -0.4 is 5.32 Å². The third-order valence-electron chi connectivity index (χ3n) is 4.12. The molecule has 0 bridgehead atoms. The number of carbonyl (C=O) groups excluding carboxylic acids is 1. The van der Waals surface area contributed by atoms with E-state index < -0.39 is 17.5 Å². The molecule has 0 unspecified atom stereocenters. The van der Waals surface area contributed by atoms with Crippen molar-refractivity contribution in [2.24, 2.45) is 0 Å². The molecule has 1 heterocycles. The van der Waals surface area contributed by atoms with Crippen molar-refractivity contribution in [3.63, 3.8) is 0 Å². The van der Waals surface area contributed by atoms with E-state index in [1.54, 1.807) is 29.5 Å². The van der Waals surface area contributed by atoms with Crippen molar-refractivity contribution in [1.29, 1.82) is 0 Å². The number of carbonyl (C=O) groups is 1. The lowest BCUT2D eigenvalue weighted by molar-refractivity contribution is 0.102. The Bertz CT molecular complexity index is 1140. The van der Waals surface area contributed by atoms with E-state index in [2.05, 4.69) is 10.3 Å². The monoisotopic (exact) mass is 392 g/mol. The lowest BCUT2D eigenvalue weighted by Gasteiger charge is -2.07. The smallest absolute Gasteiger partial charge is 0.255 e. The Kier molecular flexibility index (Phi) is 4.95. The average molecular weight is 392 g/mol. The van der Waals surface area contributed by atoms with Crippen LogP contribution in [0, 0.1) is 11.6 Å². The minimum Gasteiger partial charge on any atom is -0.322 e. The maximum absolute atomic E-state index is 13.3. The highest BCUT2D eigenvalue weighted by atomic mass is 32.1. The number of nitrogens with zero attached hydrogens (tertiary/aromatic N) is 1. The summed E-state index contributed by atoms with van der Waals surface area (Å²) in [4.78, 5) is 17.0. The molecule has 28 heavy (non-hydrogen) atoms. The summed E-state index contributed by atoms with van der Waals surface area (Å²) in [6.07, 6.45) is 0. The third-order valence-corrected chi connectivity index (χ3v) is 5.01. The summed E-state index contributed by atoms with van der Waals surface area (Å²) in [6, 6.07) is 20.2. The highest BCUT2D eigenvalue weighted by Crippen LogP contribution is 2.30. The van der Waals surface area contributed by atoms with Gasteiger partial charge < -0.3 is 5.32 Å². The van der Waals surface area contributed by atoms with Gasteiger partial charge in [-0.3, -0.25) is 4.79 Å². The van der Waals surface area contributed by atoms with Gasteiger partial charge in [0, 0.05) is 27.8 Å². The van der Waals surface area contributed by atoms with Gasteiger partial charge in [0.15, 0.2) is 11.6 Å². The molecule has 0 saturated heterocycles. The second-order valence-corrected chi connectivity index (χ2v) is 6.93. The Balaban J connectivity index is 1.56. The fraction of sp³-hybridized carbons (Fsp3) is 0. The van der Waals surface area contributed by atoms with Crippen molar-refractivity contribution in [1.82, 2.24) is 4.98 Å². The molecular formula is C22H14F2N2OS. The highest BCUT2D eigenvalue weighted by molar-refractivity contribution is 7.13. The molecule has 4 aromatic rings. The van der Waals surface area contributed by atoms with Gasteiger partial charge in [-0.05, 0) is 30.3 Å². The second-order valence-electron chi connectivity index (χ2n) is 6.07. The second kappa shape index (κ2) is 7.70. The van der Waals surface area contributed by atoms with Crippen LogP contribution in [0.4, 0.5) is 14.5 Å². The lowest BCUT2D eigenvalue weighted by Crippen LogP contribution is -2.12. The Morgan fingerprint density at radius 2 is 1.64 bits per heavy atom. The topological polar surface area (TPSA) is 42.0 Å².